The molecule has 0 spiro atoms. The third-order valence-corrected chi connectivity index (χ3v) is 6.92. The summed E-state index contributed by atoms with van der Waals surface area (Å²) in [6.45, 7) is 8.30. The van der Waals surface area contributed by atoms with Crippen molar-refractivity contribution in [2.45, 2.75) is 46.3 Å². The molecule has 1 amide bonds. The second kappa shape index (κ2) is 8.58. The minimum atomic E-state index is -0.329. The maximum atomic E-state index is 13.6. The van der Waals surface area contributed by atoms with Crippen molar-refractivity contribution in [3.8, 4) is 28.4 Å². The van der Waals surface area contributed by atoms with Gasteiger partial charge in [0.25, 0.3) is 5.91 Å². The number of ether oxygens (including phenoxy) is 2. The second-order valence-corrected chi connectivity index (χ2v) is 9.72. The van der Waals surface area contributed by atoms with Gasteiger partial charge in [-0.3, -0.25) is 4.79 Å². The van der Waals surface area contributed by atoms with Gasteiger partial charge in [0, 0.05) is 39.8 Å². The number of aryl methyl sites for hydroxylation is 1. The molecule has 0 aliphatic carbocycles. The van der Waals surface area contributed by atoms with Gasteiger partial charge in [-0.15, -0.1) is 0 Å². The van der Waals surface area contributed by atoms with Crippen LogP contribution in [-0.2, 0) is 6.61 Å². The van der Waals surface area contributed by atoms with Gasteiger partial charge >= 0.3 is 0 Å². The van der Waals surface area contributed by atoms with E-state index in [-0.39, 0.29) is 18.1 Å². The van der Waals surface area contributed by atoms with Crippen LogP contribution in [0.15, 0.2) is 30.3 Å². The summed E-state index contributed by atoms with van der Waals surface area (Å²) in [5, 5.41) is 5.75. The number of benzene rings is 2. The van der Waals surface area contributed by atoms with Crippen molar-refractivity contribution in [3.05, 3.63) is 57.2 Å². The third kappa shape index (κ3) is 4.06. The number of carbonyl (C=O) groups is 1. The summed E-state index contributed by atoms with van der Waals surface area (Å²) in [7, 11) is 3.43. The molecular weight excluding hydrogens is 461 g/mol. The number of fused-ring (bicyclic) bond motifs is 3. The highest BCUT2D eigenvalue weighted by Gasteiger charge is 2.35. The highest BCUT2D eigenvalue weighted by molar-refractivity contribution is 6.34. The molecule has 2 heterocycles. The molecule has 0 bridgehead atoms. The van der Waals surface area contributed by atoms with Gasteiger partial charge in [-0.05, 0) is 57.0 Å². The maximum absolute atomic E-state index is 13.6. The molecule has 2 aromatic carbocycles. The third-order valence-electron chi connectivity index (χ3n) is 6.48. The van der Waals surface area contributed by atoms with E-state index >= 15 is 0 Å². The van der Waals surface area contributed by atoms with E-state index in [1.54, 1.807) is 41.9 Å². The second-order valence-electron chi connectivity index (χ2n) is 8.85. The zero-order chi connectivity index (χ0) is 24.1. The lowest BCUT2D eigenvalue weighted by Gasteiger charge is -2.34. The quantitative estimate of drug-likeness (QED) is 0.422. The molecule has 0 unspecified atom stereocenters. The lowest BCUT2D eigenvalue weighted by atomic mass is 9.97. The summed E-state index contributed by atoms with van der Waals surface area (Å²) in [4.78, 5) is 15.3. The summed E-state index contributed by atoms with van der Waals surface area (Å²) in [5.41, 5.74) is 3.98. The van der Waals surface area contributed by atoms with Crippen molar-refractivity contribution in [2.24, 2.45) is 0 Å². The summed E-state index contributed by atoms with van der Waals surface area (Å²) in [6.07, 6.45) is 0.806. The van der Waals surface area contributed by atoms with Crippen LogP contribution >= 0.6 is 23.2 Å². The van der Waals surface area contributed by atoms with Crippen LogP contribution < -0.4 is 9.47 Å². The molecule has 4 rings (SSSR count). The van der Waals surface area contributed by atoms with E-state index < -0.39 is 0 Å². The Morgan fingerprint density at radius 1 is 1.21 bits per heavy atom. The lowest BCUT2D eigenvalue weighted by Crippen LogP contribution is -2.45. The van der Waals surface area contributed by atoms with Crippen LogP contribution in [-0.4, -0.2) is 40.3 Å². The molecule has 0 fully saturated rings. The highest BCUT2D eigenvalue weighted by atomic mass is 35.5. The first kappa shape index (κ1) is 23.5. The Morgan fingerprint density at radius 2 is 1.88 bits per heavy atom. The molecule has 8 heteroatoms. The summed E-state index contributed by atoms with van der Waals surface area (Å²) < 4.78 is 13.3. The zero-order valence-corrected chi connectivity index (χ0v) is 21.1. The van der Waals surface area contributed by atoms with E-state index in [9.17, 15) is 4.79 Å². The largest absolute Gasteiger partial charge is 0.496 e. The van der Waals surface area contributed by atoms with Gasteiger partial charge in [0.05, 0.1) is 18.5 Å². The Labute approximate surface area is 204 Å². The average molecular weight is 488 g/mol. The van der Waals surface area contributed by atoms with Crippen LogP contribution in [0.25, 0.3) is 16.9 Å². The topological polar surface area (TPSA) is 56.6 Å². The number of hydrogen-bond acceptors (Lipinski definition) is 4. The Balaban J connectivity index is 1.98. The van der Waals surface area contributed by atoms with Gasteiger partial charge in [-0.25, -0.2) is 4.68 Å². The number of hydrogen-bond donors (Lipinski definition) is 0. The molecule has 1 aliphatic rings. The molecule has 0 atom stereocenters. The Hall–Kier alpha value is -2.70. The van der Waals surface area contributed by atoms with Crippen LogP contribution in [0.3, 0.4) is 0 Å². The van der Waals surface area contributed by atoms with E-state index in [0.717, 1.165) is 34.6 Å². The van der Waals surface area contributed by atoms with Crippen LogP contribution in [0.2, 0.25) is 10.0 Å². The SMILES string of the molecule is CCC(C)(C)N(C)C(=O)c1nn(-c2cc(Cl)cc(Cl)c2)c2c1COc1cc(OC)c(C)cc1-2. The summed E-state index contributed by atoms with van der Waals surface area (Å²) in [5.74, 6) is 1.23. The van der Waals surface area contributed by atoms with Gasteiger partial charge in [0.1, 0.15) is 18.1 Å². The molecule has 0 saturated heterocycles. The molecule has 6 nitrogen and oxygen atoms in total. The molecule has 33 heavy (non-hydrogen) atoms. The van der Waals surface area contributed by atoms with Crippen molar-refractivity contribution < 1.29 is 14.3 Å². The predicted octanol–water partition coefficient (Wildman–Crippen LogP) is 6.32. The molecule has 1 aromatic heterocycles. The van der Waals surface area contributed by atoms with Crippen molar-refractivity contribution >= 4 is 29.1 Å². The summed E-state index contributed by atoms with van der Waals surface area (Å²) >= 11 is 12.6. The minimum Gasteiger partial charge on any atom is -0.496 e. The first-order chi connectivity index (χ1) is 15.6. The normalized spacial score (nSPS) is 12.6. The van der Waals surface area contributed by atoms with Crippen molar-refractivity contribution in [3.63, 3.8) is 0 Å². The van der Waals surface area contributed by atoms with Crippen LogP contribution in [0.4, 0.5) is 0 Å². The fourth-order valence-corrected chi connectivity index (χ4v) is 4.41. The van der Waals surface area contributed by atoms with Gasteiger partial charge in [0.2, 0.25) is 0 Å². The number of rotatable bonds is 5. The Kier molecular flexibility index (Phi) is 6.10. The molecule has 0 radical (unpaired) electrons. The highest BCUT2D eigenvalue weighted by Crippen LogP contribution is 2.44. The standard InChI is InChI=1S/C25H27Cl2N3O3/c1-7-25(3,4)29(5)24(31)22-19-13-33-21-12-20(32-6)14(2)8-18(21)23(19)30(28-22)17-10-15(26)9-16(27)11-17/h8-12H,7,13H2,1-6H3. The van der Waals surface area contributed by atoms with E-state index in [2.05, 4.69) is 6.92 Å². The molecular formula is C25H27Cl2N3O3. The Bertz CT molecular complexity index is 1230. The van der Waals surface area contributed by atoms with E-state index in [1.165, 1.54) is 0 Å². The monoisotopic (exact) mass is 487 g/mol. The smallest absolute Gasteiger partial charge is 0.274 e. The number of halogens is 2. The van der Waals surface area contributed by atoms with E-state index in [0.29, 0.717) is 27.2 Å². The fraction of sp³-hybridized carbons (Fsp3) is 0.360. The minimum absolute atomic E-state index is 0.165. The van der Waals surface area contributed by atoms with Crippen LogP contribution in [0, 0.1) is 6.92 Å². The fourth-order valence-electron chi connectivity index (χ4n) is 3.90. The summed E-state index contributed by atoms with van der Waals surface area (Å²) in [6, 6.07) is 9.08. The first-order valence-electron chi connectivity index (χ1n) is 10.8. The number of amides is 1. The molecule has 0 N–H and O–H groups in total. The molecule has 3 aromatic rings. The number of carbonyl (C=O) groups excluding carboxylic acids is 1. The Morgan fingerprint density at radius 3 is 2.48 bits per heavy atom. The zero-order valence-electron chi connectivity index (χ0n) is 19.6. The number of methoxy groups -OCH3 is 1. The van der Waals surface area contributed by atoms with Gasteiger partial charge in [0.15, 0.2) is 5.69 Å². The predicted molar refractivity (Wildman–Crippen MR) is 131 cm³/mol. The maximum Gasteiger partial charge on any atom is 0.274 e. The van der Waals surface area contributed by atoms with Gasteiger partial charge in [-0.1, -0.05) is 30.1 Å². The van der Waals surface area contributed by atoms with Crippen LogP contribution in [0.5, 0.6) is 11.5 Å². The van der Waals surface area contributed by atoms with Gasteiger partial charge < -0.3 is 14.4 Å². The molecule has 174 valence electrons. The van der Waals surface area contributed by atoms with E-state index in [4.69, 9.17) is 37.8 Å². The molecule has 0 saturated carbocycles. The number of aromatic nitrogens is 2. The van der Waals surface area contributed by atoms with Gasteiger partial charge in [-0.2, -0.15) is 5.10 Å². The lowest BCUT2D eigenvalue weighted by molar-refractivity contribution is 0.0611. The van der Waals surface area contributed by atoms with Crippen molar-refractivity contribution in [2.75, 3.05) is 14.2 Å². The van der Waals surface area contributed by atoms with Crippen molar-refractivity contribution in [1.29, 1.82) is 0 Å². The van der Waals surface area contributed by atoms with Crippen LogP contribution in [0.1, 0.15) is 48.8 Å². The van der Waals surface area contributed by atoms with E-state index in [1.807, 2.05) is 32.9 Å². The average Bonchev–Trinajstić information content (AvgIpc) is 3.17. The number of nitrogens with zero attached hydrogens (tertiary/aromatic N) is 3. The van der Waals surface area contributed by atoms with Crippen molar-refractivity contribution in [1.82, 2.24) is 14.7 Å². The molecule has 1 aliphatic heterocycles. The first-order valence-corrected chi connectivity index (χ1v) is 11.5.